The van der Waals surface area contributed by atoms with Crippen LogP contribution in [-0.4, -0.2) is 48.3 Å². The Bertz CT molecular complexity index is 791. The van der Waals surface area contributed by atoms with Gasteiger partial charge in [0.1, 0.15) is 0 Å². The smallest absolute Gasteiger partial charge is 0.0688 e. The van der Waals surface area contributed by atoms with Gasteiger partial charge in [0.2, 0.25) is 0 Å². The van der Waals surface area contributed by atoms with Crippen molar-refractivity contribution < 1.29 is 5.11 Å². The Labute approximate surface area is 186 Å². The van der Waals surface area contributed by atoms with Crippen LogP contribution in [0.3, 0.4) is 0 Å². The SMILES string of the molecule is OC1(CCCc2ccccc2)CCCCC1CN1CCN(c2ccccc2Cl)CC1. The molecule has 0 bridgehead atoms. The summed E-state index contributed by atoms with van der Waals surface area (Å²) < 4.78 is 0. The molecule has 1 aliphatic heterocycles. The van der Waals surface area contributed by atoms with E-state index in [1.807, 2.05) is 12.1 Å². The second-order valence-corrected chi connectivity index (χ2v) is 9.53. The highest BCUT2D eigenvalue weighted by Crippen LogP contribution is 2.38. The molecule has 1 N–H and O–H groups in total. The average molecular weight is 427 g/mol. The van der Waals surface area contributed by atoms with Crippen LogP contribution in [0.1, 0.15) is 44.1 Å². The van der Waals surface area contributed by atoms with Crippen molar-refractivity contribution in [1.82, 2.24) is 4.90 Å². The van der Waals surface area contributed by atoms with Crippen molar-refractivity contribution in [2.75, 3.05) is 37.6 Å². The molecule has 1 saturated heterocycles. The molecule has 4 heteroatoms. The summed E-state index contributed by atoms with van der Waals surface area (Å²) in [5.41, 5.74) is 2.03. The van der Waals surface area contributed by atoms with Gasteiger partial charge in [0.25, 0.3) is 0 Å². The van der Waals surface area contributed by atoms with E-state index in [9.17, 15) is 5.11 Å². The third-order valence-corrected chi connectivity index (χ3v) is 7.45. The minimum absolute atomic E-state index is 0.397. The van der Waals surface area contributed by atoms with Crippen LogP contribution in [0, 0.1) is 5.92 Å². The molecule has 2 atom stereocenters. The normalized spacial score (nSPS) is 25.4. The maximum atomic E-state index is 11.6. The molecule has 0 spiro atoms. The molecule has 2 aromatic rings. The predicted molar refractivity (Wildman–Crippen MR) is 126 cm³/mol. The molecular formula is C26H35ClN2O. The van der Waals surface area contributed by atoms with Crippen LogP contribution in [0.5, 0.6) is 0 Å². The van der Waals surface area contributed by atoms with Crippen molar-refractivity contribution >= 4 is 17.3 Å². The van der Waals surface area contributed by atoms with Gasteiger partial charge in [0, 0.05) is 38.6 Å². The highest BCUT2D eigenvalue weighted by molar-refractivity contribution is 6.33. The highest BCUT2D eigenvalue weighted by Gasteiger charge is 2.39. The van der Waals surface area contributed by atoms with Crippen LogP contribution in [0.2, 0.25) is 5.02 Å². The van der Waals surface area contributed by atoms with Gasteiger partial charge in [-0.15, -0.1) is 0 Å². The number of halogens is 1. The largest absolute Gasteiger partial charge is 0.390 e. The number of benzene rings is 2. The third-order valence-electron chi connectivity index (χ3n) is 7.13. The summed E-state index contributed by atoms with van der Waals surface area (Å²) in [6.07, 6.45) is 7.60. The van der Waals surface area contributed by atoms with E-state index in [0.717, 1.165) is 75.5 Å². The first kappa shape index (κ1) is 21.7. The number of hydrogen-bond acceptors (Lipinski definition) is 3. The molecular weight excluding hydrogens is 392 g/mol. The molecule has 2 fully saturated rings. The molecule has 2 unspecified atom stereocenters. The first-order valence-corrected chi connectivity index (χ1v) is 12.0. The summed E-state index contributed by atoms with van der Waals surface area (Å²) in [4.78, 5) is 4.96. The Morgan fingerprint density at radius 2 is 1.67 bits per heavy atom. The van der Waals surface area contributed by atoms with Crippen LogP contribution in [0.25, 0.3) is 0 Å². The highest BCUT2D eigenvalue weighted by atomic mass is 35.5. The predicted octanol–water partition coefficient (Wildman–Crippen LogP) is 5.41. The van der Waals surface area contributed by atoms with Crippen molar-refractivity contribution in [2.24, 2.45) is 5.92 Å². The third kappa shape index (κ3) is 5.38. The number of rotatable bonds is 7. The molecule has 1 saturated carbocycles. The number of aliphatic hydroxyl groups is 1. The molecule has 2 aliphatic rings. The van der Waals surface area contributed by atoms with E-state index >= 15 is 0 Å². The average Bonchev–Trinajstić information content (AvgIpc) is 2.77. The fraction of sp³-hybridized carbons (Fsp3) is 0.538. The molecule has 1 aliphatic carbocycles. The van der Waals surface area contributed by atoms with E-state index in [1.165, 1.54) is 18.4 Å². The van der Waals surface area contributed by atoms with Gasteiger partial charge in [-0.05, 0) is 49.8 Å². The second kappa shape index (κ2) is 10.2. The van der Waals surface area contributed by atoms with Crippen LogP contribution >= 0.6 is 11.6 Å². The van der Waals surface area contributed by atoms with E-state index in [2.05, 4.69) is 52.3 Å². The van der Waals surface area contributed by atoms with Crippen molar-refractivity contribution in [2.45, 2.75) is 50.5 Å². The molecule has 162 valence electrons. The summed E-state index contributed by atoms with van der Waals surface area (Å²) in [7, 11) is 0. The monoisotopic (exact) mass is 426 g/mol. The number of aryl methyl sites for hydroxylation is 1. The molecule has 2 aromatic carbocycles. The van der Waals surface area contributed by atoms with E-state index in [-0.39, 0.29) is 0 Å². The number of anilines is 1. The van der Waals surface area contributed by atoms with Gasteiger partial charge in [-0.1, -0.05) is 66.9 Å². The van der Waals surface area contributed by atoms with Crippen LogP contribution < -0.4 is 4.90 Å². The van der Waals surface area contributed by atoms with Gasteiger partial charge in [-0.2, -0.15) is 0 Å². The van der Waals surface area contributed by atoms with Gasteiger partial charge in [0.15, 0.2) is 0 Å². The quantitative estimate of drug-likeness (QED) is 0.641. The van der Waals surface area contributed by atoms with Gasteiger partial charge in [-0.3, -0.25) is 4.90 Å². The van der Waals surface area contributed by atoms with E-state index in [4.69, 9.17) is 11.6 Å². The summed E-state index contributed by atoms with van der Waals surface area (Å²) in [5.74, 6) is 0.397. The Balaban J connectivity index is 1.29. The molecule has 0 aromatic heterocycles. The topological polar surface area (TPSA) is 26.7 Å². The zero-order valence-electron chi connectivity index (χ0n) is 18.0. The zero-order valence-corrected chi connectivity index (χ0v) is 18.7. The lowest BCUT2D eigenvalue weighted by Crippen LogP contribution is -2.52. The molecule has 3 nitrogen and oxygen atoms in total. The Morgan fingerprint density at radius 3 is 2.43 bits per heavy atom. The molecule has 4 rings (SSSR count). The summed E-state index contributed by atoms with van der Waals surface area (Å²) in [6.45, 7) is 5.12. The lowest BCUT2D eigenvalue weighted by Gasteiger charge is -2.44. The zero-order chi connectivity index (χ0) is 20.8. The lowest BCUT2D eigenvalue weighted by atomic mass is 9.72. The second-order valence-electron chi connectivity index (χ2n) is 9.12. The van der Waals surface area contributed by atoms with E-state index in [0.29, 0.717) is 5.92 Å². The number of para-hydroxylation sites is 1. The molecule has 0 radical (unpaired) electrons. The van der Waals surface area contributed by atoms with Gasteiger partial charge >= 0.3 is 0 Å². The Hall–Kier alpha value is -1.55. The lowest BCUT2D eigenvalue weighted by molar-refractivity contribution is -0.0671. The number of piperazine rings is 1. The van der Waals surface area contributed by atoms with Gasteiger partial charge < -0.3 is 10.0 Å². The number of nitrogens with zero attached hydrogens (tertiary/aromatic N) is 2. The van der Waals surface area contributed by atoms with Crippen LogP contribution in [0.15, 0.2) is 54.6 Å². The molecule has 0 amide bonds. The standard InChI is InChI=1S/C26H35ClN2O/c27-24-13-4-5-14-25(24)29-19-17-28(18-20-29)21-23-12-6-7-15-26(23,30)16-8-11-22-9-2-1-3-10-22/h1-5,9-10,13-14,23,30H,6-8,11-12,15-21H2. The number of hydrogen-bond donors (Lipinski definition) is 1. The Kier molecular flexibility index (Phi) is 7.35. The van der Waals surface area contributed by atoms with Gasteiger partial charge in [-0.25, -0.2) is 0 Å². The van der Waals surface area contributed by atoms with Crippen LogP contribution in [-0.2, 0) is 6.42 Å². The minimum Gasteiger partial charge on any atom is -0.390 e. The van der Waals surface area contributed by atoms with Crippen molar-refractivity contribution in [1.29, 1.82) is 0 Å². The fourth-order valence-electron chi connectivity index (χ4n) is 5.32. The van der Waals surface area contributed by atoms with E-state index in [1.54, 1.807) is 0 Å². The van der Waals surface area contributed by atoms with E-state index < -0.39 is 5.60 Å². The first-order valence-electron chi connectivity index (χ1n) is 11.6. The van der Waals surface area contributed by atoms with Crippen molar-refractivity contribution in [3.8, 4) is 0 Å². The maximum absolute atomic E-state index is 11.6. The minimum atomic E-state index is -0.493. The molecule has 30 heavy (non-hydrogen) atoms. The molecule has 1 heterocycles. The Morgan fingerprint density at radius 1 is 0.933 bits per heavy atom. The first-order chi connectivity index (χ1) is 14.6. The van der Waals surface area contributed by atoms with Crippen LogP contribution in [0.4, 0.5) is 5.69 Å². The summed E-state index contributed by atoms with van der Waals surface area (Å²) >= 11 is 6.39. The van der Waals surface area contributed by atoms with Crippen molar-refractivity contribution in [3.05, 3.63) is 65.2 Å². The van der Waals surface area contributed by atoms with Crippen molar-refractivity contribution in [3.63, 3.8) is 0 Å². The maximum Gasteiger partial charge on any atom is 0.0688 e. The fourth-order valence-corrected chi connectivity index (χ4v) is 5.57. The summed E-state index contributed by atoms with van der Waals surface area (Å²) in [6, 6.07) is 18.8. The van der Waals surface area contributed by atoms with Gasteiger partial charge in [0.05, 0.1) is 16.3 Å². The summed E-state index contributed by atoms with van der Waals surface area (Å²) in [5, 5.41) is 12.4.